The molecule has 0 saturated heterocycles. The molecule has 0 aliphatic carbocycles. The van der Waals surface area contributed by atoms with Gasteiger partial charge in [-0.3, -0.25) is 4.79 Å². The second kappa shape index (κ2) is 6.96. The van der Waals surface area contributed by atoms with Crippen LogP contribution in [0.5, 0.6) is 11.5 Å². The lowest BCUT2D eigenvalue weighted by atomic mass is 10.2. The number of rotatable bonds is 5. The molecule has 1 aliphatic rings. The Morgan fingerprint density at radius 1 is 1.25 bits per heavy atom. The highest BCUT2D eigenvalue weighted by molar-refractivity contribution is 9.10. The van der Waals surface area contributed by atoms with Crippen molar-refractivity contribution in [3.63, 3.8) is 0 Å². The topological polar surface area (TPSA) is 87.0 Å². The fraction of sp³-hybridized carbons (Fsp3) is 0.250. The minimum absolute atomic E-state index is 0.0253. The summed E-state index contributed by atoms with van der Waals surface area (Å²) in [5.41, 5.74) is 0.848. The maximum atomic E-state index is 12.0. The van der Waals surface area contributed by atoms with E-state index in [9.17, 15) is 9.59 Å². The number of carbonyl (C=O) groups is 2. The summed E-state index contributed by atoms with van der Waals surface area (Å²) in [5.74, 6) is 0.233. The Morgan fingerprint density at radius 3 is 2.79 bits per heavy atom. The smallest absolute Gasteiger partial charge is 0.375 e. The van der Waals surface area contributed by atoms with Gasteiger partial charge in [0.25, 0.3) is 5.91 Å². The molecule has 1 aromatic heterocycles. The summed E-state index contributed by atoms with van der Waals surface area (Å²) in [6.45, 7) is 1.97. The van der Waals surface area contributed by atoms with Crippen LogP contribution >= 0.6 is 15.9 Å². The first-order chi connectivity index (χ1) is 11.5. The Labute approximate surface area is 146 Å². The van der Waals surface area contributed by atoms with E-state index in [1.54, 1.807) is 18.2 Å². The quantitative estimate of drug-likeness (QED) is 0.782. The van der Waals surface area contributed by atoms with Gasteiger partial charge in [-0.05, 0) is 52.7 Å². The average molecular weight is 396 g/mol. The average Bonchev–Trinajstić information content (AvgIpc) is 3.20. The number of furan rings is 1. The van der Waals surface area contributed by atoms with Crippen molar-refractivity contribution in [2.75, 3.05) is 6.79 Å². The third kappa shape index (κ3) is 3.70. The van der Waals surface area contributed by atoms with Crippen molar-refractivity contribution in [3.8, 4) is 11.5 Å². The van der Waals surface area contributed by atoms with E-state index in [-0.39, 0.29) is 19.1 Å². The second-order valence-electron chi connectivity index (χ2n) is 5.06. The first kappa shape index (κ1) is 16.4. The normalized spacial score (nSPS) is 13.4. The van der Waals surface area contributed by atoms with Crippen LogP contribution in [0.25, 0.3) is 0 Å². The monoisotopic (exact) mass is 395 g/mol. The van der Waals surface area contributed by atoms with Gasteiger partial charge in [0.1, 0.15) is 0 Å². The highest BCUT2D eigenvalue weighted by Crippen LogP contribution is 2.32. The Hall–Kier alpha value is -2.48. The van der Waals surface area contributed by atoms with Crippen LogP contribution in [0, 0.1) is 0 Å². The summed E-state index contributed by atoms with van der Waals surface area (Å²) in [4.78, 5) is 23.9. The van der Waals surface area contributed by atoms with E-state index >= 15 is 0 Å². The van der Waals surface area contributed by atoms with E-state index in [0.717, 1.165) is 5.56 Å². The number of esters is 1. The largest absolute Gasteiger partial charge is 0.454 e. The zero-order valence-electron chi connectivity index (χ0n) is 12.7. The summed E-state index contributed by atoms with van der Waals surface area (Å²) in [6, 6.07) is 8.43. The van der Waals surface area contributed by atoms with Crippen LogP contribution in [0.2, 0.25) is 0 Å². The summed E-state index contributed by atoms with van der Waals surface area (Å²) >= 11 is 3.09. The Kier molecular flexibility index (Phi) is 4.75. The molecule has 0 fully saturated rings. The van der Waals surface area contributed by atoms with Crippen LogP contribution < -0.4 is 14.8 Å². The van der Waals surface area contributed by atoms with Crippen molar-refractivity contribution in [1.29, 1.82) is 0 Å². The van der Waals surface area contributed by atoms with Crippen molar-refractivity contribution >= 4 is 27.8 Å². The zero-order valence-corrected chi connectivity index (χ0v) is 14.3. The standard InChI is InChI=1S/C16H14BrNO6/c1-9(23-16(20)12-4-5-14(17)24-12)15(19)18-7-10-2-3-11-13(6-10)22-8-21-11/h2-6,9H,7-8H2,1H3,(H,18,19). The molecule has 2 heterocycles. The number of amides is 1. The first-order valence-electron chi connectivity index (χ1n) is 7.15. The van der Waals surface area contributed by atoms with Gasteiger partial charge in [-0.2, -0.15) is 0 Å². The molecule has 1 amide bonds. The molecule has 1 aliphatic heterocycles. The molecule has 0 saturated carbocycles. The highest BCUT2D eigenvalue weighted by atomic mass is 79.9. The van der Waals surface area contributed by atoms with Crippen LogP contribution in [-0.2, 0) is 16.1 Å². The number of halogens is 1. The van der Waals surface area contributed by atoms with Crippen molar-refractivity contribution in [3.05, 3.63) is 46.3 Å². The predicted octanol–water partition coefficient (Wildman–Crippen LogP) is 2.63. The number of hydrogen-bond donors (Lipinski definition) is 1. The van der Waals surface area contributed by atoms with Crippen LogP contribution in [-0.4, -0.2) is 24.8 Å². The molecule has 0 radical (unpaired) electrons. The fourth-order valence-electron chi connectivity index (χ4n) is 2.08. The Morgan fingerprint density at radius 2 is 2.04 bits per heavy atom. The van der Waals surface area contributed by atoms with Gasteiger partial charge in [-0.25, -0.2) is 4.79 Å². The van der Waals surface area contributed by atoms with Crippen molar-refractivity contribution in [1.82, 2.24) is 5.32 Å². The number of ether oxygens (including phenoxy) is 3. The van der Waals surface area contributed by atoms with Gasteiger partial charge in [0.05, 0.1) is 0 Å². The fourth-order valence-corrected chi connectivity index (χ4v) is 2.39. The van der Waals surface area contributed by atoms with Gasteiger partial charge in [0.15, 0.2) is 22.3 Å². The molecular weight excluding hydrogens is 382 g/mol. The molecule has 1 unspecified atom stereocenters. The number of benzene rings is 1. The van der Waals surface area contributed by atoms with E-state index in [1.165, 1.54) is 13.0 Å². The van der Waals surface area contributed by atoms with Gasteiger partial charge in [-0.1, -0.05) is 6.07 Å². The molecule has 7 nitrogen and oxygen atoms in total. The molecule has 1 aromatic carbocycles. The predicted molar refractivity (Wildman–Crippen MR) is 85.7 cm³/mol. The molecule has 0 bridgehead atoms. The van der Waals surface area contributed by atoms with Gasteiger partial charge in [-0.15, -0.1) is 0 Å². The third-order valence-corrected chi connectivity index (χ3v) is 3.76. The van der Waals surface area contributed by atoms with Crippen LogP contribution in [0.3, 0.4) is 0 Å². The first-order valence-corrected chi connectivity index (χ1v) is 7.95. The molecule has 8 heteroatoms. The summed E-state index contributed by atoms with van der Waals surface area (Å²) in [7, 11) is 0. The van der Waals surface area contributed by atoms with Gasteiger partial charge in [0, 0.05) is 6.54 Å². The lowest BCUT2D eigenvalue weighted by Gasteiger charge is -2.13. The van der Waals surface area contributed by atoms with E-state index < -0.39 is 18.0 Å². The van der Waals surface area contributed by atoms with Gasteiger partial charge >= 0.3 is 5.97 Å². The molecule has 0 spiro atoms. The van der Waals surface area contributed by atoms with Crippen LogP contribution in [0.15, 0.2) is 39.4 Å². The molecule has 1 N–H and O–H groups in total. The third-order valence-electron chi connectivity index (χ3n) is 3.33. The van der Waals surface area contributed by atoms with E-state index in [1.807, 2.05) is 6.07 Å². The molecule has 126 valence electrons. The maximum absolute atomic E-state index is 12.0. The Bertz CT molecular complexity index is 772. The number of hydrogen-bond acceptors (Lipinski definition) is 6. The minimum atomic E-state index is -0.949. The van der Waals surface area contributed by atoms with Gasteiger partial charge < -0.3 is 23.9 Å². The van der Waals surface area contributed by atoms with Crippen molar-refractivity contribution in [2.24, 2.45) is 0 Å². The number of fused-ring (bicyclic) bond motifs is 1. The van der Waals surface area contributed by atoms with E-state index in [4.69, 9.17) is 18.6 Å². The minimum Gasteiger partial charge on any atom is -0.454 e. The molecule has 3 rings (SSSR count). The number of carbonyl (C=O) groups excluding carboxylic acids is 2. The van der Waals surface area contributed by atoms with Crippen LogP contribution in [0.1, 0.15) is 23.0 Å². The molecular formula is C16H14BrNO6. The SMILES string of the molecule is CC(OC(=O)c1ccc(Br)o1)C(=O)NCc1ccc2c(c1)OCO2. The number of nitrogens with one attached hydrogen (secondary N) is 1. The van der Waals surface area contributed by atoms with E-state index in [0.29, 0.717) is 16.2 Å². The molecule has 2 aromatic rings. The second-order valence-corrected chi connectivity index (χ2v) is 5.84. The lowest BCUT2D eigenvalue weighted by molar-refractivity contribution is -0.129. The highest BCUT2D eigenvalue weighted by Gasteiger charge is 2.21. The van der Waals surface area contributed by atoms with Crippen molar-refractivity contribution in [2.45, 2.75) is 19.6 Å². The summed E-state index contributed by atoms with van der Waals surface area (Å²) in [5, 5.41) is 2.70. The van der Waals surface area contributed by atoms with E-state index in [2.05, 4.69) is 21.2 Å². The molecule has 24 heavy (non-hydrogen) atoms. The van der Waals surface area contributed by atoms with Gasteiger partial charge in [0.2, 0.25) is 12.6 Å². The summed E-state index contributed by atoms with van der Waals surface area (Å²) < 4.78 is 21.1. The van der Waals surface area contributed by atoms with Crippen molar-refractivity contribution < 1.29 is 28.2 Å². The molecule has 1 atom stereocenters. The zero-order chi connectivity index (χ0) is 17.1. The van der Waals surface area contributed by atoms with Crippen LogP contribution in [0.4, 0.5) is 0 Å². The summed E-state index contributed by atoms with van der Waals surface area (Å²) in [6.07, 6.45) is -0.949. The Balaban J connectivity index is 1.52. The lowest BCUT2D eigenvalue weighted by Crippen LogP contribution is -2.35. The maximum Gasteiger partial charge on any atom is 0.375 e.